The van der Waals surface area contributed by atoms with Crippen LogP contribution in [0.5, 0.6) is 0 Å². The summed E-state index contributed by atoms with van der Waals surface area (Å²) < 4.78 is 30.5. The fourth-order valence-corrected chi connectivity index (χ4v) is 1.36. The molecule has 1 N–H and O–H groups in total. The van der Waals surface area contributed by atoms with Crippen molar-refractivity contribution in [1.29, 1.82) is 0 Å². The van der Waals surface area contributed by atoms with E-state index in [1.54, 1.807) is 0 Å². The molecular weight excluding hydrogens is 242 g/mol. The van der Waals surface area contributed by atoms with Gasteiger partial charge in [0, 0.05) is 24.2 Å². The van der Waals surface area contributed by atoms with Gasteiger partial charge in [-0.05, 0) is 12.1 Å². The van der Waals surface area contributed by atoms with Crippen LogP contribution in [0.4, 0.5) is 14.5 Å². The zero-order valence-electron chi connectivity index (χ0n) is 9.54. The van der Waals surface area contributed by atoms with Crippen molar-refractivity contribution in [3.05, 3.63) is 47.4 Å². The van der Waals surface area contributed by atoms with E-state index in [1.807, 2.05) is 6.92 Å². The molecule has 0 fully saturated rings. The molecule has 1 aromatic carbocycles. The summed E-state index contributed by atoms with van der Waals surface area (Å²) in [6.45, 7) is 1.86. The maximum Gasteiger partial charge on any atom is 0.277 e. The van der Waals surface area contributed by atoms with Gasteiger partial charge >= 0.3 is 0 Å². The predicted molar refractivity (Wildman–Crippen MR) is 60.2 cm³/mol. The standard InChI is InChI=1S/C12H10F2N2O2/c1-2-8-6-11(16-18-8)12(17)15-7-3-4-9(13)10(14)5-7/h3-6H,2H2,1H3,(H,15,17). The molecule has 6 heteroatoms. The van der Waals surface area contributed by atoms with Crippen LogP contribution >= 0.6 is 0 Å². The lowest BCUT2D eigenvalue weighted by Gasteiger charge is -2.02. The molecule has 0 unspecified atom stereocenters. The molecule has 0 atom stereocenters. The minimum Gasteiger partial charge on any atom is -0.361 e. The number of anilines is 1. The zero-order valence-corrected chi connectivity index (χ0v) is 9.54. The third kappa shape index (κ3) is 2.53. The van der Waals surface area contributed by atoms with Crippen LogP contribution in [-0.4, -0.2) is 11.1 Å². The number of aromatic nitrogens is 1. The molecule has 1 amide bonds. The Morgan fingerprint density at radius 1 is 1.33 bits per heavy atom. The lowest BCUT2D eigenvalue weighted by atomic mass is 10.2. The number of halogens is 2. The van der Waals surface area contributed by atoms with Crippen LogP contribution in [0.2, 0.25) is 0 Å². The number of nitrogens with zero attached hydrogens (tertiary/aromatic N) is 1. The van der Waals surface area contributed by atoms with Crippen molar-refractivity contribution in [2.45, 2.75) is 13.3 Å². The number of rotatable bonds is 3. The monoisotopic (exact) mass is 252 g/mol. The second kappa shape index (κ2) is 4.95. The minimum absolute atomic E-state index is 0.0941. The van der Waals surface area contributed by atoms with Gasteiger partial charge in [-0.2, -0.15) is 0 Å². The Hall–Kier alpha value is -2.24. The normalized spacial score (nSPS) is 10.4. The number of carbonyl (C=O) groups is 1. The Kier molecular flexibility index (Phi) is 3.36. The summed E-state index contributed by atoms with van der Waals surface area (Å²) in [6.07, 6.45) is 0.617. The van der Waals surface area contributed by atoms with E-state index < -0.39 is 17.5 Å². The number of carbonyl (C=O) groups excluding carboxylic acids is 1. The van der Waals surface area contributed by atoms with E-state index in [4.69, 9.17) is 4.52 Å². The van der Waals surface area contributed by atoms with Gasteiger partial charge in [0.05, 0.1) is 0 Å². The maximum atomic E-state index is 12.9. The summed E-state index contributed by atoms with van der Waals surface area (Å²) in [7, 11) is 0. The predicted octanol–water partition coefficient (Wildman–Crippen LogP) is 2.77. The number of benzene rings is 1. The highest BCUT2D eigenvalue weighted by atomic mass is 19.2. The lowest BCUT2D eigenvalue weighted by molar-refractivity contribution is 0.101. The van der Waals surface area contributed by atoms with Gasteiger partial charge < -0.3 is 9.84 Å². The molecule has 1 aromatic heterocycles. The first-order chi connectivity index (χ1) is 8.60. The van der Waals surface area contributed by atoms with Crippen molar-refractivity contribution >= 4 is 11.6 Å². The van der Waals surface area contributed by atoms with E-state index in [2.05, 4.69) is 10.5 Å². The fraction of sp³-hybridized carbons (Fsp3) is 0.167. The van der Waals surface area contributed by atoms with Gasteiger partial charge in [-0.25, -0.2) is 8.78 Å². The van der Waals surface area contributed by atoms with Crippen LogP contribution < -0.4 is 5.32 Å². The molecule has 0 aliphatic rings. The number of hydrogen-bond donors (Lipinski definition) is 1. The molecule has 0 aliphatic heterocycles. The zero-order chi connectivity index (χ0) is 13.1. The van der Waals surface area contributed by atoms with E-state index in [0.29, 0.717) is 12.2 Å². The summed E-state index contributed by atoms with van der Waals surface area (Å²) in [5.74, 6) is -1.96. The fourth-order valence-electron chi connectivity index (χ4n) is 1.36. The summed E-state index contributed by atoms with van der Waals surface area (Å²) in [6, 6.07) is 4.59. The molecular formula is C12H10F2N2O2. The third-order valence-electron chi connectivity index (χ3n) is 2.32. The average molecular weight is 252 g/mol. The quantitative estimate of drug-likeness (QED) is 0.913. The highest BCUT2D eigenvalue weighted by molar-refractivity contribution is 6.02. The van der Waals surface area contributed by atoms with Crippen LogP contribution in [0, 0.1) is 11.6 Å². The van der Waals surface area contributed by atoms with E-state index in [9.17, 15) is 13.6 Å². The van der Waals surface area contributed by atoms with E-state index in [0.717, 1.165) is 12.1 Å². The molecule has 1 heterocycles. The SMILES string of the molecule is CCc1cc(C(=O)Nc2ccc(F)c(F)c2)no1. The molecule has 0 spiro atoms. The molecule has 0 radical (unpaired) electrons. The molecule has 0 bridgehead atoms. The second-order valence-electron chi connectivity index (χ2n) is 3.62. The van der Waals surface area contributed by atoms with Gasteiger partial charge in [0.15, 0.2) is 17.3 Å². The molecule has 2 rings (SSSR count). The van der Waals surface area contributed by atoms with E-state index in [-0.39, 0.29) is 11.4 Å². The highest BCUT2D eigenvalue weighted by Crippen LogP contribution is 2.14. The number of nitrogens with one attached hydrogen (secondary N) is 1. The highest BCUT2D eigenvalue weighted by Gasteiger charge is 2.12. The van der Waals surface area contributed by atoms with Crippen LogP contribution in [0.3, 0.4) is 0 Å². The Morgan fingerprint density at radius 3 is 2.72 bits per heavy atom. The van der Waals surface area contributed by atoms with Crippen molar-refractivity contribution < 1.29 is 18.1 Å². The third-order valence-corrected chi connectivity index (χ3v) is 2.32. The summed E-state index contributed by atoms with van der Waals surface area (Å²) in [5.41, 5.74) is 0.247. The topological polar surface area (TPSA) is 55.1 Å². The van der Waals surface area contributed by atoms with Crippen molar-refractivity contribution in [3.63, 3.8) is 0 Å². The molecule has 0 saturated carbocycles. The lowest BCUT2D eigenvalue weighted by Crippen LogP contribution is -2.12. The number of amides is 1. The second-order valence-corrected chi connectivity index (χ2v) is 3.62. The minimum atomic E-state index is -1.03. The average Bonchev–Trinajstić information content (AvgIpc) is 2.82. The molecule has 18 heavy (non-hydrogen) atoms. The van der Waals surface area contributed by atoms with Crippen LogP contribution in [0.1, 0.15) is 23.2 Å². The summed E-state index contributed by atoms with van der Waals surface area (Å²) >= 11 is 0. The van der Waals surface area contributed by atoms with Gasteiger partial charge in [0.2, 0.25) is 0 Å². The molecule has 2 aromatic rings. The molecule has 4 nitrogen and oxygen atoms in total. The first kappa shape index (κ1) is 12.2. The van der Waals surface area contributed by atoms with E-state index >= 15 is 0 Å². The van der Waals surface area contributed by atoms with Crippen LogP contribution in [0.15, 0.2) is 28.8 Å². The van der Waals surface area contributed by atoms with Crippen LogP contribution in [0.25, 0.3) is 0 Å². The largest absolute Gasteiger partial charge is 0.361 e. The summed E-state index contributed by atoms with van der Waals surface area (Å²) in [4.78, 5) is 11.7. The Bertz CT molecular complexity index is 581. The summed E-state index contributed by atoms with van der Waals surface area (Å²) in [5, 5.41) is 5.96. The van der Waals surface area contributed by atoms with Gasteiger partial charge in [0.1, 0.15) is 5.76 Å². The van der Waals surface area contributed by atoms with Crippen molar-refractivity contribution in [2.75, 3.05) is 5.32 Å². The van der Waals surface area contributed by atoms with Crippen molar-refractivity contribution in [2.24, 2.45) is 0 Å². The van der Waals surface area contributed by atoms with Crippen molar-refractivity contribution in [3.8, 4) is 0 Å². The smallest absolute Gasteiger partial charge is 0.277 e. The maximum absolute atomic E-state index is 12.9. The van der Waals surface area contributed by atoms with Gasteiger partial charge in [-0.1, -0.05) is 12.1 Å². The van der Waals surface area contributed by atoms with Gasteiger partial charge in [-0.3, -0.25) is 4.79 Å². The van der Waals surface area contributed by atoms with Gasteiger partial charge in [-0.15, -0.1) is 0 Å². The molecule has 0 saturated heterocycles. The molecule has 94 valence electrons. The number of hydrogen-bond acceptors (Lipinski definition) is 3. The Labute approximate surface area is 102 Å². The van der Waals surface area contributed by atoms with Crippen molar-refractivity contribution in [1.82, 2.24) is 5.16 Å². The Morgan fingerprint density at radius 2 is 2.11 bits per heavy atom. The van der Waals surface area contributed by atoms with E-state index in [1.165, 1.54) is 12.1 Å². The first-order valence-electron chi connectivity index (χ1n) is 5.32. The van der Waals surface area contributed by atoms with Gasteiger partial charge in [0.25, 0.3) is 5.91 Å². The number of aryl methyl sites for hydroxylation is 1. The van der Waals surface area contributed by atoms with Crippen LogP contribution in [-0.2, 0) is 6.42 Å². The first-order valence-corrected chi connectivity index (χ1v) is 5.32. The molecule has 0 aliphatic carbocycles. The Balaban J connectivity index is 2.13.